The van der Waals surface area contributed by atoms with Crippen LogP contribution in [0.1, 0.15) is 39.7 Å². The van der Waals surface area contributed by atoms with E-state index in [4.69, 9.17) is 0 Å². The molecule has 0 fully saturated rings. The van der Waals surface area contributed by atoms with Crippen molar-refractivity contribution in [2.24, 2.45) is 0 Å². The van der Waals surface area contributed by atoms with Gasteiger partial charge in [0.2, 0.25) is 5.91 Å². The van der Waals surface area contributed by atoms with Crippen LogP contribution in [0.15, 0.2) is 29.3 Å². The van der Waals surface area contributed by atoms with Gasteiger partial charge >= 0.3 is 0 Å². The zero-order valence-electron chi connectivity index (χ0n) is 14.6. The Labute approximate surface area is 151 Å². The Morgan fingerprint density at radius 1 is 1.16 bits per heavy atom. The summed E-state index contributed by atoms with van der Waals surface area (Å²) in [6.45, 7) is 7.22. The smallest absolute Gasteiger partial charge is 0.234 e. The van der Waals surface area contributed by atoms with Crippen molar-refractivity contribution in [1.29, 1.82) is 5.26 Å². The normalized spacial score (nSPS) is 10.2. The molecule has 5 nitrogen and oxygen atoms in total. The van der Waals surface area contributed by atoms with E-state index in [1.165, 1.54) is 18.7 Å². The van der Waals surface area contributed by atoms with Gasteiger partial charge in [0, 0.05) is 16.9 Å². The number of pyridine rings is 1. The number of anilines is 1. The van der Waals surface area contributed by atoms with Crippen LogP contribution in [0.2, 0.25) is 0 Å². The van der Waals surface area contributed by atoms with Gasteiger partial charge in [-0.1, -0.05) is 11.8 Å². The molecule has 0 saturated heterocycles. The number of hydrogen-bond acceptors (Lipinski definition) is 5. The molecule has 2 aromatic rings. The van der Waals surface area contributed by atoms with Crippen LogP contribution in [-0.4, -0.2) is 22.4 Å². The van der Waals surface area contributed by atoms with Gasteiger partial charge < -0.3 is 5.32 Å². The van der Waals surface area contributed by atoms with Crippen molar-refractivity contribution < 1.29 is 9.59 Å². The van der Waals surface area contributed by atoms with Gasteiger partial charge in [-0.15, -0.1) is 0 Å². The van der Waals surface area contributed by atoms with E-state index in [9.17, 15) is 14.9 Å². The zero-order chi connectivity index (χ0) is 18.6. The molecule has 0 unspecified atom stereocenters. The molecule has 1 aromatic heterocycles. The number of nitrogens with one attached hydrogen (secondary N) is 1. The van der Waals surface area contributed by atoms with E-state index in [2.05, 4.69) is 16.4 Å². The summed E-state index contributed by atoms with van der Waals surface area (Å²) < 4.78 is 0. The van der Waals surface area contributed by atoms with Crippen LogP contribution in [-0.2, 0) is 4.79 Å². The molecular weight excluding hydrogens is 334 g/mol. The summed E-state index contributed by atoms with van der Waals surface area (Å²) in [6, 6.07) is 8.91. The minimum Gasteiger partial charge on any atom is -0.325 e. The molecule has 2 rings (SSSR count). The molecule has 1 N–H and O–H groups in total. The standard InChI is InChI=1S/C19H19N3O2S/c1-11-12(2)17(9-20)19(21-13(11)3)25-10-18(24)22-16-7-5-15(6-8-16)14(4)23/h5-8H,10H2,1-4H3,(H,22,24). The third kappa shape index (κ3) is 4.46. The van der Waals surface area contributed by atoms with Gasteiger partial charge in [-0.05, 0) is 63.1 Å². The first-order chi connectivity index (χ1) is 11.8. The van der Waals surface area contributed by atoms with Crippen LogP contribution in [0.4, 0.5) is 5.69 Å². The molecule has 0 radical (unpaired) electrons. The van der Waals surface area contributed by atoms with Crippen LogP contribution >= 0.6 is 11.8 Å². The molecule has 1 amide bonds. The number of aryl methyl sites for hydroxylation is 1. The molecule has 0 saturated carbocycles. The van der Waals surface area contributed by atoms with Gasteiger partial charge in [0.15, 0.2) is 5.78 Å². The monoisotopic (exact) mass is 353 g/mol. The van der Waals surface area contributed by atoms with Crippen LogP contribution < -0.4 is 5.32 Å². The molecule has 128 valence electrons. The van der Waals surface area contributed by atoms with Gasteiger partial charge in [-0.2, -0.15) is 5.26 Å². The van der Waals surface area contributed by atoms with Crippen molar-refractivity contribution in [3.05, 3.63) is 52.2 Å². The first kappa shape index (κ1) is 18.7. The fourth-order valence-corrected chi connectivity index (χ4v) is 3.15. The van der Waals surface area contributed by atoms with Gasteiger partial charge in [0.1, 0.15) is 11.1 Å². The summed E-state index contributed by atoms with van der Waals surface area (Å²) in [7, 11) is 0. The number of nitrogens with zero attached hydrogens (tertiary/aromatic N) is 2. The van der Waals surface area contributed by atoms with Crippen LogP contribution in [0.3, 0.4) is 0 Å². The predicted molar refractivity (Wildman–Crippen MR) is 99.0 cm³/mol. The van der Waals surface area contributed by atoms with E-state index in [1.54, 1.807) is 24.3 Å². The second kappa shape index (κ2) is 7.95. The molecule has 0 bridgehead atoms. The first-order valence-corrected chi connectivity index (χ1v) is 8.73. The number of amides is 1. The summed E-state index contributed by atoms with van der Waals surface area (Å²) in [6.07, 6.45) is 0. The molecule has 0 aliphatic carbocycles. The largest absolute Gasteiger partial charge is 0.325 e. The summed E-state index contributed by atoms with van der Waals surface area (Å²) in [5, 5.41) is 12.7. The highest BCUT2D eigenvalue weighted by Gasteiger charge is 2.14. The molecule has 0 aliphatic rings. The summed E-state index contributed by atoms with van der Waals surface area (Å²) in [5.41, 5.74) is 4.50. The Morgan fingerprint density at radius 3 is 2.36 bits per heavy atom. The van der Waals surface area contributed by atoms with Crippen molar-refractivity contribution in [2.75, 3.05) is 11.1 Å². The van der Waals surface area contributed by atoms with E-state index in [0.717, 1.165) is 16.8 Å². The van der Waals surface area contributed by atoms with Gasteiger partial charge in [-0.3, -0.25) is 9.59 Å². The number of ketones is 1. The first-order valence-electron chi connectivity index (χ1n) is 7.75. The SMILES string of the molecule is CC(=O)c1ccc(NC(=O)CSc2nc(C)c(C)c(C)c2C#N)cc1. The number of nitriles is 1. The number of carbonyl (C=O) groups excluding carboxylic acids is 2. The summed E-state index contributed by atoms with van der Waals surface area (Å²) >= 11 is 1.24. The molecule has 1 aromatic carbocycles. The van der Waals surface area contributed by atoms with Crippen molar-refractivity contribution in [1.82, 2.24) is 4.98 Å². The van der Waals surface area contributed by atoms with Crippen molar-refractivity contribution >= 4 is 29.1 Å². The molecule has 25 heavy (non-hydrogen) atoms. The average molecular weight is 353 g/mol. The second-order valence-corrected chi connectivity index (χ2v) is 6.67. The van der Waals surface area contributed by atoms with E-state index < -0.39 is 0 Å². The lowest BCUT2D eigenvalue weighted by atomic mass is 10.1. The minimum atomic E-state index is -0.192. The lowest BCUT2D eigenvalue weighted by Gasteiger charge is -2.11. The lowest BCUT2D eigenvalue weighted by molar-refractivity contribution is -0.113. The number of thioether (sulfide) groups is 1. The maximum absolute atomic E-state index is 12.1. The van der Waals surface area contributed by atoms with Crippen LogP contribution in [0, 0.1) is 32.1 Å². The van der Waals surface area contributed by atoms with Crippen molar-refractivity contribution in [3.63, 3.8) is 0 Å². The number of Topliss-reactive ketones (excluding diaryl/α,β-unsaturated/α-hetero) is 1. The fourth-order valence-electron chi connectivity index (χ4n) is 2.27. The third-order valence-electron chi connectivity index (χ3n) is 3.99. The van der Waals surface area contributed by atoms with E-state index >= 15 is 0 Å². The second-order valence-electron chi connectivity index (χ2n) is 5.71. The highest BCUT2D eigenvalue weighted by Crippen LogP contribution is 2.26. The maximum Gasteiger partial charge on any atom is 0.234 e. The van der Waals surface area contributed by atoms with E-state index in [0.29, 0.717) is 21.8 Å². The quantitative estimate of drug-likeness (QED) is 0.653. The highest BCUT2D eigenvalue weighted by molar-refractivity contribution is 8.00. The van der Waals surface area contributed by atoms with Gasteiger partial charge in [0.25, 0.3) is 0 Å². The predicted octanol–water partition coefficient (Wildman–Crippen LogP) is 3.81. The molecular formula is C19H19N3O2S. The Balaban J connectivity index is 2.05. The number of hydrogen-bond donors (Lipinski definition) is 1. The average Bonchev–Trinajstić information content (AvgIpc) is 2.58. The minimum absolute atomic E-state index is 0.0198. The maximum atomic E-state index is 12.1. The van der Waals surface area contributed by atoms with Crippen LogP contribution in [0.5, 0.6) is 0 Å². The topological polar surface area (TPSA) is 82.8 Å². The zero-order valence-corrected chi connectivity index (χ0v) is 15.5. The Bertz CT molecular complexity index is 868. The number of carbonyl (C=O) groups is 2. The van der Waals surface area contributed by atoms with Crippen LogP contribution in [0.25, 0.3) is 0 Å². The summed E-state index contributed by atoms with van der Waals surface area (Å²) in [5.74, 6) is -0.0614. The van der Waals surface area contributed by atoms with E-state index in [-0.39, 0.29) is 17.4 Å². The molecule has 1 heterocycles. The lowest BCUT2D eigenvalue weighted by Crippen LogP contribution is -2.14. The molecule has 0 aliphatic heterocycles. The molecule has 0 spiro atoms. The number of aromatic nitrogens is 1. The number of rotatable bonds is 5. The summed E-state index contributed by atoms with van der Waals surface area (Å²) in [4.78, 5) is 27.8. The third-order valence-corrected chi connectivity index (χ3v) is 4.97. The number of benzene rings is 1. The van der Waals surface area contributed by atoms with E-state index in [1.807, 2.05) is 20.8 Å². The van der Waals surface area contributed by atoms with Gasteiger partial charge in [0.05, 0.1) is 11.3 Å². The Morgan fingerprint density at radius 2 is 1.80 bits per heavy atom. The highest BCUT2D eigenvalue weighted by atomic mass is 32.2. The molecule has 6 heteroatoms. The Kier molecular flexibility index (Phi) is 5.94. The molecule has 0 atom stereocenters. The Hall–Kier alpha value is -2.65. The van der Waals surface area contributed by atoms with Gasteiger partial charge in [-0.25, -0.2) is 4.98 Å². The fraction of sp³-hybridized carbons (Fsp3) is 0.263. The van der Waals surface area contributed by atoms with Crippen molar-refractivity contribution in [2.45, 2.75) is 32.7 Å². The van der Waals surface area contributed by atoms with Crippen molar-refractivity contribution in [3.8, 4) is 6.07 Å².